The molecule has 0 bridgehead atoms. The first-order valence-corrected chi connectivity index (χ1v) is 9.09. The topological polar surface area (TPSA) is 80.9 Å². The lowest BCUT2D eigenvalue weighted by atomic mass is 10.2. The van der Waals surface area contributed by atoms with Gasteiger partial charge in [0.15, 0.2) is 11.5 Å². The zero-order chi connectivity index (χ0) is 17.9. The van der Waals surface area contributed by atoms with Gasteiger partial charge in [-0.15, -0.1) is 11.3 Å². The smallest absolute Gasteiger partial charge is 0.224 e. The number of aryl methyl sites for hydroxylation is 2. The Morgan fingerprint density at radius 1 is 1.19 bits per heavy atom. The molecule has 0 saturated carbocycles. The number of carbonyl (C=O) groups excluding carboxylic acids is 1. The number of amides is 1. The molecule has 26 heavy (non-hydrogen) atoms. The average Bonchev–Trinajstić information content (AvgIpc) is 3.27. The number of para-hydroxylation sites is 1. The number of aromatic nitrogens is 3. The molecule has 0 aliphatic carbocycles. The lowest BCUT2D eigenvalue weighted by molar-refractivity contribution is -0.116. The van der Waals surface area contributed by atoms with Crippen molar-refractivity contribution in [1.29, 1.82) is 0 Å². The van der Waals surface area contributed by atoms with E-state index in [9.17, 15) is 4.79 Å². The standard InChI is InChI=1S/C19H16N4O2S/c1-12-21-14-6-4-7-15(18(14)25-12)23-17(24)9-8-13-11-26-19(22-13)16-5-2-3-10-20-16/h2-7,10-11H,8-9H2,1H3,(H,23,24). The predicted octanol–water partition coefficient (Wildman–Crippen LogP) is 4.23. The summed E-state index contributed by atoms with van der Waals surface area (Å²) in [6, 6.07) is 11.2. The van der Waals surface area contributed by atoms with Crippen molar-refractivity contribution in [3.05, 3.63) is 59.6 Å². The number of hydrogen-bond acceptors (Lipinski definition) is 6. The van der Waals surface area contributed by atoms with Gasteiger partial charge in [-0.1, -0.05) is 12.1 Å². The number of fused-ring (bicyclic) bond motifs is 1. The molecule has 130 valence electrons. The molecule has 1 amide bonds. The quantitative estimate of drug-likeness (QED) is 0.573. The summed E-state index contributed by atoms with van der Waals surface area (Å²) in [6.45, 7) is 1.78. The third-order valence-electron chi connectivity index (χ3n) is 3.84. The summed E-state index contributed by atoms with van der Waals surface area (Å²) in [7, 11) is 0. The predicted molar refractivity (Wildman–Crippen MR) is 101 cm³/mol. The van der Waals surface area contributed by atoms with Crippen LogP contribution in [0.1, 0.15) is 18.0 Å². The molecule has 0 spiro atoms. The highest BCUT2D eigenvalue weighted by Crippen LogP contribution is 2.25. The Morgan fingerprint density at radius 3 is 2.96 bits per heavy atom. The molecule has 3 heterocycles. The van der Waals surface area contributed by atoms with E-state index in [-0.39, 0.29) is 5.91 Å². The molecule has 4 aromatic rings. The third-order valence-corrected chi connectivity index (χ3v) is 4.75. The zero-order valence-corrected chi connectivity index (χ0v) is 14.9. The number of anilines is 1. The van der Waals surface area contributed by atoms with Gasteiger partial charge in [-0.05, 0) is 30.7 Å². The lowest BCUT2D eigenvalue weighted by Crippen LogP contribution is -2.12. The van der Waals surface area contributed by atoms with Crippen LogP contribution >= 0.6 is 11.3 Å². The van der Waals surface area contributed by atoms with Crippen molar-refractivity contribution in [3.63, 3.8) is 0 Å². The second kappa shape index (κ2) is 7.05. The number of hydrogen-bond donors (Lipinski definition) is 1. The van der Waals surface area contributed by atoms with Gasteiger partial charge in [0.05, 0.1) is 17.1 Å². The van der Waals surface area contributed by atoms with Crippen LogP contribution in [0.4, 0.5) is 5.69 Å². The fraction of sp³-hybridized carbons (Fsp3) is 0.158. The van der Waals surface area contributed by atoms with Crippen molar-refractivity contribution in [2.75, 3.05) is 5.32 Å². The zero-order valence-electron chi connectivity index (χ0n) is 14.1. The van der Waals surface area contributed by atoms with Crippen LogP contribution in [0, 0.1) is 6.92 Å². The maximum Gasteiger partial charge on any atom is 0.224 e. The van der Waals surface area contributed by atoms with E-state index in [4.69, 9.17) is 4.42 Å². The molecule has 6 nitrogen and oxygen atoms in total. The van der Waals surface area contributed by atoms with Gasteiger partial charge in [0.1, 0.15) is 10.5 Å². The highest BCUT2D eigenvalue weighted by atomic mass is 32.1. The summed E-state index contributed by atoms with van der Waals surface area (Å²) in [5.74, 6) is 0.491. The van der Waals surface area contributed by atoms with Crippen molar-refractivity contribution in [3.8, 4) is 10.7 Å². The van der Waals surface area contributed by atoms with Crippen LogP contribution < -0.4 is 5.32 Å². The number of rotatable bonds is 5. The SMILES string of the molecule is Cc1nc2cccc(NC(=O)CCc3csc(-c4ccccn4)n3)c2o1. The number of pyridine rings is 1. The van der Waals surface area contributed by atoms with Gasteiger partial charge in [0.2, 0.25) is 5.91 Å². The summed E-state index contributed by atoms with van der Waals surface area (Å²) in [5.41, 5.74) is 3.71. The van der Waals surface area contributed by atoms with E-state index in [2.05, 4.69) is 20.3 Å². The van der Waals surface area contributed by atoms with E-state index in [1.54, 1.807) is 13.1 Å². The average molecular weight is 364 g/mol. The normalized spacial score (nSPS) is 11.0. The van der Waals surface area contributed by atoms with Crippen LogP contribution in [-0.4, -0.2) is 20.9 Å². The van der Waals surface area contributed by atoms with E-state index >= 15 is 0 Å². The first kappa shape index (κ1) is 16.4. The minimum absolute atomic E-state index is 0.0843. The van der Waals surface area contributed by atoms with Gasteiger partial charge < -0.3 is 9.73 Å². The molecule has 0 unspecified atom stereocenters. The number of thiazole rings is 1. The van der Waals surface area contributed by atoms with Crippen molar-refractivity contribution in [1.82, 2.24) is 15.0 Å². The van der Waals surface area contributed by atoms with Crippen LogP contribution in [0.5, 0.6) is 0 Å². The van der Waals surface area contributed by atoms with E-state index < -0.39 is 0 Å². The number of oxazole rings is 1. The van der Waals surface area contributed by atoms with Gasteiger partial charge in [0, 0.05) is 24.9 Å². The Hall–Kier alpha value is -3.06. The number of nitrogens with one attached hydrogen (secondary N) is 1. The molecule has 1 aromatic carbocycles. The molecule has 3 aromatic heterocycles. The summed E-state index contributed by atoms with van der Waals surface area (Å²) >= 11 is 1.53. The fourth-order valence-electron chi connectivity index (χ4n) is 2.64. The molecular weight excluding hydrogens is 348 g/mol. The van der Waals surface area contributed by atoms with Crippen molar-refractivity contribution in [2.45, 2.75) is 19.8 Å². The van der Waals surface area contributed by atoms with Crippen LogP contribution in [0.25, 0.3) is 21.8 Å². The van der Waals surface area contributed by atoms with Crippen LogP contribution in [0.15, 0.2) is 52.4 Å². The third kappa shape index (κ3) is 3.48. The largest absolute Gasteiger partial charge is 0.439 e. The lowest BCUT2D eigenvalue weighted by Gasteiger charge is -2.04. The molecule has 0 aliphatic heterocycles. The summed E-state index contributed by atoms with van der Waals surface area (Å²) in [4.78, 5) is 25.4. The first-order valence-electron chi connectivity index (χ1n) is 8.21. The highest BCUT2D eigenvalue weighted by Gasteiger charge is 2.12. The van der Waals surface area contributed by atoms with Gasteiger partial charge in [-0.3, -0.25) is 9.78 Å². The van der Waals surface area contributed by atoms with Gasteiger partial charge >= 0.3 is 0 Å². The van der Waals surface area contributed by atoms with Gasteiger partial charge in [-0.2, -0.15) is 0 Å². The van der Waals surface area contributed by atoms with Crippen LogP contribution in [-0.2, 0) is 11.2 Å². The number of benzene rings is 1. The van der Waals surface area contributed by atoms with E-state index in [0.717, 1.165) is 21.9 Å². The molecule has 0 aliphatic rings. The van der Waals surface area contributed by atoms with Crippen molar-refractivity contribution >= 4 is 34.0 Å². The summed E-state index contributed by atoms with van der Waals surface area (Å²) in [6.07, 6.45) is 2.66. The highest BCUT2D eigenvalue weighted by molar-refractivity contribution is 7.13. The minimum atomic E-state index is -0.0843. The second-order valence-electron chi connectivity index (χ2n) is 5.79. The van der Waals surface area contributed by atoms with Crippen molar-refractivity contribution < 1.29 is 9.21 Å². The Morgan fingerprint density at radius 2 is 2.12 bits per heavy atom. The number of nitrogens with zero attached hydrogens (tertiary/aromatic N) is 3. The minimum Gasteiger partial charge on any atom is -0.439 e. The second-order valence-corrected chi connectivity index (χ2v) is 6.65. The van der Waals surface area contributed by atoms with E-state index in [0.29, 0.717) is 30.0 Å². The fourth-order valence-corrected chi connectivity index (χ4v) is 3.47. The maximum absolute atomic E-state index is 12.3. The molecule has 4 rings (SSSR count). The van der Waals surface area contributed by atoms with Crippen LogP contribution in [0.3, 0.4) is 0 Å². The molecule has 0 atom stereocenters. The van der Waals surface area contributed by atoms with E-state index in [1.165, 1.54) is 11.3 Å². The maximum atomic E-state index is 12.3. The van der Waals surface area contributed by atoms with Crippen LogP contribution in [0.2, 0.25) is 0 Å². The Kier molecular flexibility index (Phi) is 4.45. The Balaban J connectivity index is 1.40. The van der Waals surface area contributed by atoms with Gasteiger partial charge in [0.25, 0.3) is 0 Å². The molecule has 0 radical (unpaired) electrons. The Labute approximate surface area is 153 Å². The number of carbonyl (C=O) groups is 1. The molecule has 7 heteroatoms. The first-order chi connectivity index (χ1) is 12.7. The van der Waals surface area contributed by atoms with E-state index in [1.807, 2.05) is 41.8 Å². The molecule has 0 fully saturated rings. The monoisotopic (exact) mass is 364 g/mol. The molecule has 1 N–H and O–H groups in total. The van der Waals surface area contributed by atoms with Gasteiger partial charge in [-0.25, -0.2) is 9.97 Å². The molecular formula is C19H16N4O2S. The molecule has 0 saturated heterocycles. The Bertz CT molecular complexity index is 1060. The summed E-state index contributed by atoms with van der Waals surface area (Å²) in [5, 5.41) is 5.73. The summed E-state index contributed by atoms with van der Waals surface area (Å²) < 4.78 is 5.57. The van der Waals surface area contributed by atoms with Crippen molar-refractivity contribution in [2.24, 2.45) is 0 Å².